The number of rotatable bonds is 7. The maximum absolute atomic E-state index is 12.8. The van der Waals surface area contributed by atoms with Gasteiger partial charge in [-0.15, -0.1) is 0 Å². The Labute approximate surface area is 171 Å². The lowest BCUT2D eigenvalue weighted by atomic mass is 10.0. The van der Waals surface area contributed by atoms with Crippen molar-refractivity contribution in [1.82, 2.24) is 20.1 Å². The van der Waals surface area contributed by atoms with Crippen molar-refractivity contribution in [1.29, 1.82) is 0 Å². The van der Waals surface area contributed by atoms with Crippen molar-refractivity contribution in [2.24, 2.45) is 5.92 Å². The van der Waals surface area contributed by atoms with Gasteiger partial charge >= 0.3 is 0 Å². The van der Waals surface area contributed by atoms with Crippen molar-refractivity contribution >= 4 is 5.91 Å². The second-order valence-corrected chi connectivity index (χ2v) is 7.88. The first-order chi connectivity index (χ1) is 13.9. The lowest BCUT2D eigenvalue weighted by molar-refractivity contribution is 0.0922. The van der Waals surface area contributed by atoms with Crippen LogP contribution in [0.25, 0.3) is 16.9 Å². The van der Waals surface area contributed by atoms with Crippen LogP contribution in [0.4, 0.5) is 0 Å². The van der Waals surface area contributed by atoms with Crippen molar-refractivity contribution in [3.05, 3.63) is 65.6 Å². The topological polar surface area (TPSA) is 80.0 Å². The van der Waals surface area contributed by atoms with Gasteiger partial charge in [0.2, 0.25) is 0 Å². The molecule has 2 N–H and O–H groups in total. The third kappa shape index (κ3) is 5.09. The second-order valence-electron chi connectivity index (χ2n) is 7.88. The van der Waals surface area contributed by atoms with E-state index in [9.17, 15) is 9.90 Å². The smallest absolute Gasteiger partial charge is 0.251 e. The first-order valence-corrected chi connectivity index (χ1v) is 9.90. The maximum Gasteiger partial charge on any atom is 0.251 e. The maximum atomic E-state index is 12.8. The van der Waals surface area contributed by atoms with Crippen LogP contribution < -0.4 is 5.32 Å². The molecule has 1 aromatic carbocycles. The van der Waals surface area contributed by atoms with Gasteiger partial charge in [-0.3, -0.25) is 9.78 Å². The van der Waals surface area contributed by atoms with E-state index in [0.29, 0.717) is 11.5 Å². The van der Waals surface area contributed by atoms with Crippen molar-refractivity contribution in [2.45, 2.75) is 40.2 Å². The quantitative estimate of drug-likeness (QED) is 0.644. The minimum absolute atomic E-state index is 0.116. The molecule has 0 spiro atoms. The van der Waals surface area contributed by atoms with Crippen molar-refractivity contribution in [3.63, 3.8) is 0 Å². The number of nitrogens with zero attached hydrogens (tertiary/aromatic N) is 3. The van der Waals surface area contributed by atoms with Crippen LogP contribution in [-0.2, 0) is 6.42 Å². The summed E-state index contributed by atoms with van der Waals surface area (Å²) in [7, 11) is 0. The Balaban J connectivity index is 2.09. The molecule has 1 amide bonds. The van der Waals surface area contributed by atoms with Gasteiger partial charge in [0.05, 0.1) is 18.0 Å². The molecule has 0 saturated carbocycles. The number of carbonyl (C=O) groups is 1. The highest BCUT2D eigenvalue weighted by Gasteiger charge is 2.15. The molecule has 3 aromatic rings. The van der Waals surface area contributed by atoms with Crippen LogP contribution in [0, 0.1) is 12.8 Å². The number of hydrogen-bond acceptors (Lipinski definition) is 4. The van der Waals surface area contributed by atoms with Crippen LogP contribution in [0.15, 0.2) is 48.8 Å². The van der Waals surface area contributed by atoms with Gasteiger partial charge in [-0.2, -0.15) is 5.10 Å². The Morgan fingerprint density at radius 3 is 2.62 bits per heavy atom. The average Bonchev–Trinajstić information content (AvgIpc) is 3.15. The van der Waals surface area contributed by atoms with Crippen LogP contribution in [0.5, 0.6) is 0 Å². The predicted octanol–water partition coefficient (Wildman–Crippen LogP) is 3.55. The fourth-order valence-electron chi connectivity index (χ4n) is 3.14. The highest BCUT2D eigenvalue weighted by atomic mass is 16.3. The SMILES string of the molecule is Cc1ccc(-c2cc(C(=O)NC(C)CO)cc(-n3nccc3CC(C)C)c2)nc1. The third-order valence-electron chi connectivity index (χ3n) is 4.62. The van der Waals surface area contributed by atoms with Gasteiger partial charge < -0.3 is 10.4 Å². The summed E-state index contributed by atoms with van der Waals surface area (Å²) in [5.74, 6) is 0.250. The molecule has 0 aliphatic heterocycles. The molecule has 2 aromatic heterocycles. The molecule has 0 radical (unpaired) electrons. The number of nitrogens with one attached hydrogen (secondary N) is 1. The molecule has 6 nitrogen and oxygen atoms in total. The largest absolute Gasteiger partial charge is 0.394 e. The van der Waals surface area contributed by atoms with Crippen LogP contribution in [-0.4, -0.2) is 38.4 Å². The zero-order valence-electron chi connectivity index (χ0n) is 17.4. The van der Waals surface area contributed by atoms with E-state index in [0.717, 1.165) is 34.6 Å². The molecule has 0 fully saturated rings. The van der Waals surface area contributed by atoms with Gasteiger partial charge in [-0.1, -0.05) is 19.9 Å². The number of carbonyl (C=O) groups excluding carboxylic acids is 1. The van der Waals surface area contributed by atoms with Gasteiger partial charge in [-0.05, 0) is 62.1 Å². The lowest BCUT2D eigenvalue weighted by Crippen LogP contribution is -2.35. The van der Waals surface area contributed by atoms with Gasteiger partial charge in [0.1, 0.15) is 0 Å². The molecule has 1 atom stereocenters. The fraction of sp³-hybridized carbons (Fsp3) is 0.348. The molecule has 3 rings (SSSR count). The number of amides is 1. The van der Waals surface area contributed by atoms with Gasteiger partial charge in [0.25, 0.3) is 5.91 Å². The first-order valence-electron chi connectivity index (χ1n) is 9.90. The normalized spacial score (nSPS) is 12.2. The third-order valence-corrected chi connectivity index (χ3v) is 4.62. The Morgan fingerprint density at radius 1 is 1.17 bits per heavy atom. The standard InChI is InChI=1S/C23H28N4O2/c1-15(2)9-20-7-8-25-27(20)21-11-18(22-6-5-16(3)13-24-22)10-19(12-21)23(29)26-17(4)14-28/h5-8,10-13,15,17,28H,9,14H2,1-4H3,(H,26,29). The molecular weight excluding hydrogens is 364 g/mol. The van der Waals surface area contributed by atoms with E-state index in [1.165, 1.54) is 0 Å². The molecule has 6 heteroatoms. The Kier molecular flexibility index (Phi) is 6.44. The number of aliphatic hydroxyl groups excluding tert-OH is 1. The zero-order valence-corrected chi connectivity index (χ0v) is 17.4. The van der Waals surface area contributed by atoms with Gasteiger partial charge in [0, 0.05) is 35.3 Å². The molecule has 152 valence electrons. The van der Waals surface area contributed by atoms with E-state index in [4.69, 9.17) is 0 Å². The molecule has 0 bridgehead atoms. The number of aromatic nitrogens is 3. The summed E-state index contributed by atoms with van der Waals surface area (Å²) in [5, 5.41) is 16.6. The van der Waals surface area contributed by atoms with E-state index >= 15 is 0 Å². The van der Waals surface area contributed by atoms with Gasteiger partial charge in [-0.25, -0.2) is 4.68 Å². The van der Waals surface area contributed by atoms with E-state index < -0.39 is 0 Å². The van der Waals surface area contributed by atoms with Crippen molar-refractivity contribution in [2.75, 3.05) is 6.61 Å². The number of aliphatic hydroxyl groups is 1. The van der Waals surface area contributed by atoms with Crippen LogP contribution >= 0.6 is 0 Å². The van der Waals surface area contributed by atoms with Crippen molar-refractivity contribution < 1.29 is 9.90 Å². The summed E-state index contributed by atoms with van der Waals surface area (Å²) in [6, 6.07) is 11.3. The molecule has 0 saturated heterocycles. The minimum Gasteiger partial charge on any atom is -0.394 e. The highest BCUT2D eigenvalue weighted by molar-refractivity contribution is 5.96. The lowest BCUT2D eigenvalue weighted by Gasteiger charge is -2.15. The highest BCUT2D eigenvalue weighted by Crippen LogP contribution is 2.24. The first kappa shape index (κ1) is 20.7. The van der Waals surface area contributed by atoms with Crippen LogP contribution in [0.2, 0.25) is 0 Å². The summed E-state index contributed by atoms with van der Waals surface area (Å²) in [4.78, 5) is 17.3. The van der Waals surface area contributed by atoms with Gasteiger partial charge in [0.15, 0.2) is 0 Å². The summed E-state index contributed by atoms with van der Waals surface area (Å²) in [6.07, 6.45) is 4.48. The number of benzene rings is 1. The average molecular weight is 393 g/mol. The number of aryl methyl sites for hydroxylation is 1. The minimum atomic E-state index is -0.326. The molecule has 0 aliphatic carbocycles. The van der Waals surface area contributed by atoms with Crippen molar-refractivity contribution in [3.8, 4) is 16.9 Å². The second kappa shape index (κ2) is 9.01. The fourth-order valence-corrected chi connectivity index (χ4v) is 3.14. The predicted molar refractivity (Wildman–Crippen MR) is 114 cm³/mol. The monoisotopic (exact) mass is 392 g/mol. The number of pyridine rings is 1. The van der Waals surface area contributed by atoms with E-state index in [2.05, 4.69) is 29.2 Å². The summed E-state index contributed by atoms with van der Waals surface area (Å²) < 4.78 is 1.88. The number of hydrogen-bond donors (Lipinski definition) is 2. The summed E-state index contributed by atoms with van der Waals surface area (Å²) in [6.45, 7) is 7.97. The van der Waals surface area contributed by atoms with Crippen LogP contribution in [0.3, 0.4) is 0 Å². The van der Waals surface area contributed by atoms with E-state index in [1.807, 2.05) is 54.2 Å². The Hall–Kier alpha value is -2.99. The molecule has 0 aliphatic rings. The zero-order chi connectivity index (χ0) is 21.0. The molecule has 1 unspecified atom stereocenters. The van der Waals surface area contributed by atoms with E-state index in [1.54, 1.807) is 13.1 Å². The molecular formula is C23H28N4O2. The van der Waals surface area contributed by atoms with Crippen LogP contribution in [0.1, 0.15) is 42.4 Å². The van der Waals surface area contributed by atoms with E-state index in [-0.39, 0.29) is 18.6 Å². The Bertz CT molecular complexity index is 977. The summed E-state index contributed by atoms with van der Waals surface area (Å²) in [5.41, 5.74) is 5.11. The summed E-state index contributed by atoms with van der Waals surface area (Å²) >= 11 is 0. The molecule has 29 heavy (non-hydrogen) atoms. The molecule has 2 heterocycles. The Morgan fingerprint density at radius 2 is 1.97 bits per heavy atom.